The van der Waals surface area contributed by atoms with Crippen LogP contribution in [-0.4, -0.2) is 21.5 Å². The Kier molecular flexibility index (Phi) is 16.3. The summed E-state index contributed by atoms with van der Waals surface area (Å²) in [6.45, 7) is 18.6. The molecule has 0 bridgehead atoms. The Morgan fingerprint density at radius 2 is 1.39 bits per heavy atom. The monoisotopic (exact) mass is 613 g/mol. The van der Waals surface area contributed by atoms with Gasteiger partial charge in [-0.3, -0.25) is 0 Å². The predicted molar refractivity (Wildman–Crippen MR) is 160 cm³/mol. The molecule has 5 radical (unpaired) electrons. The summed E-state index contributed by atoms with van der Waals surface area (Å²) >= 11 is 0. The van der Waals surface area contributed by atoms with Crippen molar-refractivity contribution in [3.63, 3.8) is 0 Å². The van der Waals surface area contributed by atoms with E-state index in [-0.39, 0.29) is 27.4 Å². The molecule has 4 heteroatoms. The average molecular weight is 613 g/mol. The zero-order valence-corrected chi connectivity index (χ0v) is 26.5. The molecule has 0 amide bonds. The average Bonchev–Trinajstić information content (AvgIpc) is 3.57. The van der Waals surface area contributed by atoms with Gasteiger partial charge in [-0.2, -0.15) is 0 Å². The van der Waals surface area contributed by atoms with Crippen LogP contribution < -0.4 is 0 Å². The van der Waals surface area contributed by atoms with Gasteiger partial charge in [0, 0.05) is 0 Å². The van der Waals surface area contributed by atoms with E-state index in [1.807, 2.05) is 32.1 Å². The van der Waals surface area contributed by atoms with Gasteiger partial charge in [-0.05, 0) is 62.0 Å². The van der Waals surface area contributed by atoms with E-state index in [9.17, 15) is 0 Å². The Bertz CT molecular complexity index is 1030. The van der Waals surface area contributed by atoms with Crippen molar-refractivity contribution in [3.8, 4) is 0 Å². The molecule has 1 heterocycles. The molecule has 3 aliphatic carbocycles. The fourth-order valence-corrected chi connectivity index (χ4v) is 8.97. The Morgan fingerprint density at radius 3 is 1.87 bits per heavy atom. The summed E-state index contributed by atoms with van der Waals surface area (Å²) < 4.78 is 9.55. The Morgan fingerprint density at radius 1 is 0.868 bits per heavy atom. The Labute approximate surface area is 247 Å². The minimum absolute atomic E-state index is 0. The second-order valence-corrected chi connectivity index (χ2v) is 14.2. The molecule has 38 heavy (non-hydrogen) atoms. The molecule has 201 valence electrons. The first-order valence-electron chi connectivity index (χ1n) is 13.2. The summed E-state index contributed by atoms with van der Waals surface area (Å²) in [4.78, 5) is 0. The van der Waals surface area contributed by atoms with Gasteiger partial charge in [0.15, 0.2) is 0 Å². The van der Waals surface area contributed by atoms with E-state index < -0.39 is 0 Å². The second-order valence-electron chi connectivity index (χ2n) is 10.2. The molecule has 2 nitrogen and oxygen atoms in total. The summed E-state index contributed by atoms with van der Waals surface area (Å²) in [5.74, 6) is 0.499. The minimum atomic E-state index is 0. The van der Waals surface area contributed by atoms with Crippen LogP contribution in [0.4, 0.5) is 0 Å². The third-order valence-electron chi connectivity index (χ3n) is 6.47. The van der Waals surface area contributed by atoms with Crippen LogP contribution in [0.1, 0.15) is 58.2 Å². The van der Waals surface area contributed by atoms with E-state index >= 15 is 0 Å². The quantitative estimate of drug-likeness (QED) is 0.143. The van der Waals surface area contributed by atoms with Gasteiger partial charge >= 0.3 is 30.8 Å². The van der Waals surface area contributed by atoms with Crippen LogP contribution in [-0.2, 0) is 37.6 Å². The molecular formula is C34H42NOPRu+. The summed E-state index contributed by atoms with van der Waals surface area (Å²) in [5, 5.41) is 0. The first-order valence-corrected chi connectivity index (χ1v) is 14.7. The molecule has 2 aromatic rings. The number of aromatic nitrogens is 1. The van der Waals surface area contributed by atoms with Crippen molar-refractivity contribution in [2.24, 2.45) is 13.0 Å². The van der Waals surface area contributed by atoms with E-state index in [2.05, 4.69) is 127 Å². The summed E-state index contributed by atoms with van der Waals surface area (Å²) in [7, 11) is 2.32. The molecule has 0 aliphatic heterocycles. The van der Waals surface area contributed by atoms with Crippen LogP contribution in [0.15, 0.2) is 66.4 Å². The number of benzene rings is 1. The van der Waals surface area contributed by atoms with Crippen LogP contribution in [0.5, 0.6) is 0 Å². The van der Waals surface area contributed by atoms with E-state index in [1.54, 1.807) is 0 Å². The number of nitrogens with zero attached hydrogens (tertiary/aromatic N) is 1. The predicted octanol–water partition coefficient (Wildman–Crippen LogP) is 8.60. The largest absolute Gasteiger partial charge is 2.00 e. The van der Waals surface area contributed by atoms with E-state index in [0.29, 0.717) is 5.92 Å². The number of rotatable bonds is 4. The van der Waals surface area contributed by atoms with Crippen LogP contribution in [0.25, 0.3) is 5.57 Å². The van der Waals surface area contributed by atoms with Crippen molar-refractivity contribution in [3.05, 3.63) is 128 Å². The molecule has 1 aromatic carbocycles. The molecule has 1 aromatic heterocycles. The molecule has 0 saturated heterocycles. The van der Waals surface area contributed by atoms with Crippen LogP contribution in [0, 0.1) is 50.9 Å². The third-order valence-corrected chi connectivity index (χ3v) is 10.1. The first kappa shape index (κ1) is 34.5. The topological polar surface area (TPSA) is 24.8 Å². The van der Waals surface area contributed by atoms with Crippen molar-refractivity contribution in [2.45, 2.75) is 64.9 Å². The zero-order chi connectivity index (χ0) is 27.4. The van der Waals surface area contributed by atoms with Gasteiger partial charge in [-0.1, -0.05) is 133 Å². The Hall–Kier alpha value is -1.49. The minimum Gasteiger partial charge on any atom is -0.0312 e. The summed E-state index contributed by atoms with van der Waals surface area (Å²) in [6.07, 6.45) is 25.6. The molecule has 1 saturated carbocycles. The van der Waals surface area contributed by atoms with Crippen molar-refractivity contribution in [1.82, 2.24) is 4.57 Å². The summed E-state index contributed by atoms with van der Waals surface area (Å²) in [5.41, 5.74) is 9.42. The van der Waals surface area contributed by atoms with Gasteiger partial charge in [0.1, 0.15) is 0 Å². The molecule has 1 unspecified atom stereocenters. The SMILES string of the molecule is CC(C)P(C(C)C)C(C)C.Cn1[c-]c2c(c1)CC1C=CC=CC1=C2c1ccccc1.[C-]#[O+].[CH]1[CH][CH][CH][CH]1.[Ru+2]. The maximum Gasteiger partial charge on any atom is 2.00 e. The van der Waals surface area contributed by atoms with E-state index in [0.717, 1.165) is 23.4 Å². The van der Waals surface area contributed by atoms with Crippen molar-refractivity contribution in [2.75, 3.05) is 0 Å². The van der Waals surface area contributed by atoms with Gasteiger partial charge in [-0.25, -0.2) is 0 Å². The first-order chi connectivity index (χ1) is 17.8. The van der Waals surface area contributed by atoms with Gasteiger partial charge < -0.3 is 4.57 Å². The maximum atomic E-state index is 7.50. The second kappa shape index (κ2) is 18.0. The third kappa shape index (κ3) is 9.92. The number of hydrogen-bond acceptors (Lipinski definition) is 0. The van der Waals surface area contributed by atoms with Crippen molar-refractivity contribution >= 4 is 13.5 Å². The summed E-state index contributed by atoms with van der Waals surface area (Å²) in [6, 6.07) is 10.7. The maximum absolute atomic E-state index is 7.50. The molecule has 0 N–H and O–H groups in total. The number of hydrogen-bond donors (Lipinski definition) is 0. The van der Waals surface area contributed by atoms with Crippen LogP contribution in [0.3, 0.4) is 0 Å². The van der Waals surface area contributed by atoms with Crippen LogP contribution in [0.2, 0.25) is 0 Å². The fourth-order valence-electron chi connectivity index (χ4n) is 5.39. The number of aryl methyl sites for hydroxylation is 1. The number of allylic oxidation sites excluding steroid dienone is 5. The van der Waals surface area contributed by atoms with Crippen molar-refractivity contribution < 1.29 is 24.1 Å². The fraction of sp³-hybridized carbons (Fsp3) is 0.353. The standard InChI is InChI=1S/C19H16N.C9H21P.C5H5.CO.Ru/c1-20-12-16-11-15-9-5-6-10-17(15)19(18(16)13-20)14-7-3-2-4-8-14;1-7(2)10(8(3)4)9(5)6;1-2-4-5-3-1;1-2;/h2-10,12,15H,11H2,1H3;7-9H,1-6H3;1-5H;;/q-1;;;;+2. The van der Waals surface area contributed by atoms with Gasteiger partial charge in [0.05, 0.1) is 0 Å². The van der Waals surface area contributed by atoms with Crippen molar-refractivity contribution in [1.29, 1.82) is 0 Å². The molecule has 5 rings (SSSR count). The van der Waals surface area contributed by atoms with Gasteiger partial charge in [0.25, 0.3) is 0 Å². The van der Waals surface area contributed by atoms with E-state index in [4.69, 9.17) is 4.65 Å². The molecular weight excluding hydrogens is 570 g/mol. The van der Waals surface area contributed by atoms with E-state index in [1.165, 1.54) is 27.8 Å². The molecule has 0 spiro atoms. The zero-order valence-electron chi connectivity index (χ0n) is 23.8. The van der Waals surface area contributed by atoms with Crippen LogP contribution >= 0.6 is 7.92 Å². The molecule has 1 atom stereocenters. The van der Waals surface area contributed by atoms with Gasteiger partial charge in [0.2, 0.25) is 0 Å². The normalized spacial score (nSPS) is 17.0. The molecule has 3 aliphatic rings. The Balaban J connectivity index is 0.000000338. The van der Waals surface area contributed by atoms with Gasteiger partial charge in [-0.15, -0.1) is 17.3 Å². The smallest absolute Gasteiger partial charge is 0.0312 e. The molecule has 1 fully saturated rings. The number of fused-ring (bicyclic) bond motifs is 2.